The summed E-state index contributed by atoms with van der Waals surface area (Å²) < 4.78 is 0. The number of nitrogens with one attached hydrogen (secondary N) is 4. The zero-order valence-electron chi connectivity index (χ0n) is 24.1. The highest BCUT2D eigenvalue weighted by Crippen LogP contribution is 2.20. The number of para-hydroxylation sites is 1. The summed E-state index contributed by atoms with van der Waals surface area (Å²) in [7, 11) is 0. The minimum atomic E-state index is -1.22. The Hall–Kier alpha value is -4.13. The van der Waals surface area contributed by atoms with Gasteiger partial charge in [0.1, 0.15) is 18.1 Å². The summed E-state index contributed by atoms with van der Waals surface area (Å²) in [6, 6.07) is 3.45. The first kappa shape index (κ1) is 33.1. The third kappa shape index (κ3) is 9.78. The van der Waals surface area contributed by atoms with Gasteiger partial charge < -0.3 is 43.2 Å². The van der Waals surface area contributed by atoms with Crippen molar-refractivity contribution < 1.29 is 24.3 Å². The van der Waals surface area contributed by atoms with E-state index in [9.17, 15) is 24.3 Å². The molecule has 0 saturated heterocycles. The van der Waals surface area contributed by atoms with Crippen molar-refractivity contribution in [2.24, 2.45) is 34.0 Å². The summed E-state index contributed by atoms with van der Waals surface area (Å²) in [5, 5.41) is 18.5. The number of carboxylic acid groups (broad SMARTS) is 1. The quantitative estimate of drug-likeness (QED) is 0.0791. The first-order chi connectivity index (χ1) is 19.3. The second-order valence-electron chi connectivity index (χ2n) is 10.6. The smallest absolute Gasteiger partial charge is 0.326 e. The van der Waals surface area contributed by atoms with Crippen molar-refractivity contribution in [3.05, 3.63) is 36.0 Å². The lowest BCUT2D eigenvalue weighted by atomic mass is 9.97. The Morgan fingerprint density at radius 3 is 2.24 bits per heavy atom. The summed E-state index contributed by atoms with van der Waals surface area (Å²) in [6.07, 6.45) is 3.01. The van der Waals surface area contributed by atoms with Gasteiger partial charge in [0.2, 0.25) is 17.7 Å². The Balaban J connectivity index is 2.24. The molecule has 0 saturated carbocycles. The first-order valence-electron chi connectivity index (χ1n) is 13.9. The minimum absolute atomic E-state index is 0.0867. The van der Waals surface area contributed by atoms with E-state index >= 15 is 0 Å². The van der Waals surface area contributed by atoms with E-state index in [1.807, 2.05) is 38.1 Å². The number of rotatable bonds is 16. The first-order valence-corrected chi connectivity index (χ1v) is 13.9. The van der Waals surface area contributed by atoms with Crippen LogP contribution < -0.4 is 33.2 Å². The van der Waals surface area contributed by atoms with Crippen LogP contribution in [-0.2, 0) is 25.6 Å². The topological polar surface area (TPSA) is 231 Å². The van der Waals surface area contributed by atoms with Gasteiger partial charge >= 0.3 is 5.97 Å². The maximum absolute atomic E-state index is 13.6. The Kier molecular flexibility index (Phi) is 12.6. The number of benzene rings is 1. The summed E-state index contributed by atoms with van der Waals surface area (Å²) in [5.74, 6) is -3.55. The SMILES string of the molecule is CCC(C)C(N)C(=O)NC(Cc1c[nH]c2ccccc12)C(=O)NC(C(=O)NC(CCCN=C(N)N)C(=O)O)C(C)C. The molecule has 0 aliphatic carbocycles. The van der Waals surface area contributed by atoms with Crippen LogP contribution in [0.4, 0.5) is 0 Å². The molecule has 13 heteroatoms. The number of H-pyrrole nitrogens is 1. The van der Waals surface area contributed by atoms with Gasteiger partial charge in [-0.15, -0.1) is 0 Å². The number of amides is 3. The van der Waals surface area contributed by atoms with Crippen molar-refractivity contribution in [2.45, 2.75) is 77.5 Å². The van der Waals surface area contributed by atoms with Gasteiger partial charge in [-0.05, 0) is 36.3 Å². The van der Waals surface area contributed by atoms with Crippen molar-refractivity contribution in [2.75, 3.05) is 6.54 Å². The fraction of sp³-hybridized carbons (Fsp3) is 0.536. The molecule has 0 fully saturated rings. The molecule has 2 rings (SSSR count). The molecular weight excluding hydrogens is 528 g/mol. The van der Waals surface area contributed by atoms with E-state index in [0.717, 1.165) is 16.5 Å². The molecule has 0 bridgehead atoms. The number of nitrogens with two attached hydrogens (primary N) is 3. The van der Waals surface area contributed by atoms with Crippen LogP contribution in [0.5, 0.6) is 0 Å². The van der Waals surface area contributed by atoms with E-state index in [0.29, 0.717) is 12.8 Å². The number of hydrogen-bond acceptors (Lipinski definition) is 6. The minimum Gasteiger partial charge on any atom is -0.480 e. The molecule has 226 valence electrons. The standard InChI is InChI=1S/C28H44N8O5/c1-5-16(4)22(29)25(38)35-21(13-17-14-33-19-10-7-6-9-18(17)19)24(37)36-23(15(2)3)26(39)34-20(27(40)41)11-8-12-32-28(30)31/h6-7,9-10,14-16,20-23,33H,5,8,11-13,29H2,1-4H3,(H,34,39)(H,35,38)(H,36,37)(H,40,41)(H4,30,31,32). The predicted molar refractivity (Wildman–Crippen MR) is 158 cm³/mol. The van der Waals surface area contributed by atoms with Crippen LogP contribution in [0, 0.1) is 11.8 Å². The molecule has 0 spiro atoms. The molecular formula is C28H44N8O5. The van der Waals surface area contributed by atoms with Gasteiger partial charge in [-0.3, -0.25) is 19.4 Å². The molecule has 5 atom stereocenters. The van der Waals surface area contributed by atoms with Crippen molar-refractivity contribution in [3.63, 3.8) is 0 Å². The van der Waals surface area contributed by atoms with Crippen LogP contribution in [0.15, 0.2) is 35.5 Å². The van der Waals surface area contributed by atoms with Gasteiger partial charge in [0, 0.05) is 30.1 Å². The maximum atomic E-state index is 13.6. The van der Waals surface area contributed by atoms with Gasteiger partial charge in [0.25, 0.3) is 0 Å². The van der Waals surface area contributed by atoms with Crippen LogP contribution in [0.3, 0.4) is 0 Å². The lowest BCUT2D eigenvalue weighted by molar-refractivity contribution is -0.142. The fourth-order valence-corrected chi connectivity index (χ4v) is 4.32. The molecule has 41 heavy (non-hydrogen) atoms. The van der Waals surface area contributed by atoms with Crippen molar-refractivity contribution in [1.82, 2.24) is 20.9 Å². The lowest BCUT2D eigenvalue weighted by Gasteiger charge is -2.27. The van der Waals surface area contributed by atoms with E-state index in [1.165, 1.54) is 0 Å². The zero-order chi connectivity index (χ0) is 30.7. The number of aliphatic imine (C=N–C) groups is 1. The fourth-order valence-electron chi connectivity index (χ4n) is 4.32. The predicted octanol–water partition coefficient (Wildman–Crippen LogP) is 0.332. The van der Waals surface area contributed by atoms with Crippen molar-refractivity contribution >= 4 is 40.6 Å². The normalized spacial score (nSPS) is 14.9. The summed E-state index contributed by atoms with van der Waals surface area (Å²) in [4.78, 5) is 58.6. The number of carboxylic acids is 1. The van der Waals surface area contributed by atoms with Crippen LogP contribution in [0.25, 0.3) is 10.9 Å². The van der Waals surface area contributed by atoms with Crippen LogP contribution in [0.2, 0.25) is 0 Å². The molecule has 3 amide bonds. The lowest BCUT2D eigenvalue weighted by Crippen LogP contribution is -2.59. The maximum Gasteiger partial charge on any atom is 0.326 e. The second-order valence-corrected chi connectivity index (χ2v) is 10.6. The highest BCUT2D eigenvalue weighted by Gasteiger charge is 2.32. The van der Waals surface area contributed by atoms with Gasteiger partial charge in [-0.25, -0.2) is 4.79 Å². The van der Waals surface area contributed by atoms with Gasteiger partial charge in [-0.2, -0.15) is 0 Å². The third-order valence-corrected chi connectivity index (χ3v) is 7.10. The van der Waals surface area contributed by atoms with E-state index in [1.54, 1.807) is 20.0 Å². The number of aliphatic carboxylic acids is 1. The highest BCUT2D eigenvalue weighted by atomic mass is 16.4. The van der Waals surface area contributed by atoms with Crippen LogP contribution in [0.1, 0.15) is 52.5 Å². The van der Waals surface area contributed by atoms with Gasteiger partial charge in [0.15, 0.2) is 5.96 Å². The highest BCUT2D eigenvalue weighted by molar-refractivity contribution is 5.95. The molecule has 2 aromatic rings. The molecule has 1 heterocycles. The average Bonchev–Trinajstić information content (AvgIpc) is 3.33. The number of guanidine groups is 1. The van der Waals surface area contributed by atoms with Crippen LogP contribution >= 0.6 is 0 Å². The number of fused-ring (bicyclic) bond motifs is 1. The van der Waals surface area contributed by atoms with Crippen LogP contribution in [-0.4, -0.2) is 70.5 Å². The average molecular weight is 573 g/mol. The second kappa shape index (κ2) is 15.6. The Morgan fingerprint density at radius 1 is 0.976 bits per heavy atom. The van der Waals surface area contributed by atoms with E-state index in [2.05, 4.69) is 25.9 Å². The molecule has 1 aromatic heterocycles. The number of aromatic amines is 1. The molecule has 0 radical (unpaired) electrons. The zero-order valence-corrected chi connectivity index (χ0v) is 24.1. The van der Waals surface area contributed by atoms with Gasteiger partial charge in [0.05, 0.1) is 6.04 Å². The molecule has 1 aromatic carbocycles. The number of hydrogen-bond donors (Lipinski definition) is 8. The Bertz CT molecular complexity index is 1220. The molecule has 0 aliphatic rings. The van der Waals surface area contributed by atoms with Crippen molar-refractivity contribution in [1.29, 1.82) is 0 Å². The summed E-state index contributed by atoms with van der Waals surface area (Å²) in [6.45, 7) is 7.44. The Labute approximate surface area is 240 Å². The van der Waals surface area contributed by atoms with E-state index in [-0.39, 0.29) is 37.2 Å². The van der Waals surface area contributed by atoms with E-state index in [4.69, 9.17) is 17.2 Å². The number of nitrogens with zero attached hydrogens (tertiary/aromatic N) is 1. The number of aromatic nitrogens is 1. The molecule has 11 N–H and O–H groups in total. The number of carbonyl (C=O) groups is 4. The Morgan fingerprint density at radius 2 is 1.63 bits per heavy atom. The third-order valence-electron chi connectivity index (χ3n) is 7.10. The largest absolute Gasteiger partial charge is 0.480 e. The summed E-state index contributed by atoms with van der Waals surface area (Å²) in [5.41, 5.74) is 18.4. The van der Waals surface area contributed by atoms with Gasteiger partial charge in [-0.1, -0.05) is 52.3 Å². The molecule has 13 nitrogen and oxygen atoms in total. The van der Waals surface area contributed by atoms with E-state index < -0.39 is 47.9 Å². The monoisotopic (exact) mass is 572 g/mol. The molecule has 5 unspecified atom stereocenters. The summed E-state index contributed by atoms with van der Waals surface area (Å²) >= 11 is 0. The molecule has 0 aliphatic heterocycles. The number of carbonyl (C=O) groups excluding carboxylic acids is 3. The van der Waals surface area contributed by atoms with Crippen molar-refractivity contribution in [3.8, 4) is 0 Å².